The summed E-state index contributed by atoms with van der Waals surface area (Å²) in [6.45, 7) is 6.13. The van der Waals surface area contributed by atoms with Gasteiger partial charge in [-0.3, -0.25) is 0 Å². The summed E-state index contributed by atoms with van der Waals surface area (Å²) < 4.78 is 0. The molecule has 0 spiro atoms. The molecule has 1 aliphatic rings. The van der Waals surface area contributed by atoms with Crippen LogP contribution in [0, 0.1) is 13.8 Å². The molecule has 0 atom stereocenters. The number of hydrogen-bond donors (Lipinski definition) is 0. The van der Waals surface area contributed by atoms with Crippen LogP contribution in [0.15, 0.2) is 18.2 Å². The Bertz CT molecular complexity index is 616. The molecule has 0 aliphatic carbocycles. The van der Waals surface area contributed by atoms with Crippen molar-refractivity contribution in [2.75, 3.05) is 18.0 Å². The molecule has 2 aromatic rings. The second kappa shape index (κ2) is 5.37. The normalized spacial score (nSPS) is 14.8. The first-order chi connectivity index (χ1) is 9.61. The predicted molar refractivity (Wildman–Crippen MR) is 81.2 cm³/mol. The minimum absolute atomic E-state index is 0.260. The van der Waals surface area contributed by atoms with Crippen molar-refractivity contribution in [3.8, 4) is 11.4 Å². The van der Waals surface area contributed by atoms with Crippen LogP contribution in [-0.4, -0.2) is 28.0 Å². The molecule has 0 unspecified atom stereocenters. The Kier molecular flexibility index (Phi) is 3.57. The Labute approximate surface area is 123 Å². The Morgan fingerprint density at radius 1 is 0.950 bits per heavy atom. The van der Waals surface area contributed by atoms with Crippen LogP contribution in [0.3, 0.4) is 0 Å². The van der Waals surface area contributed by atoms with Crippen molar-refractivity contribution in [2.45, 2.75) is 26.7 Å². The maximum atomic E-state index is 6.07. The zero-order valence-corrected chi connectivity index (χ0v) is 12.5. The first-order valence-electron chi connectivity index (χ1n) is 6.87. The van der Waals surface area contributed by atoms with Gasteiger partial charge in [0.2, 0.25) is 11.2 Å². The zero-order valence-electron chi connectivity index (χ0n) is 11.7. The highest BCUT2D eigenvalue weighted by molar-refractivity contribution is 6.28. The van der Waals surface area contributed by atoms with Crippen molar-refractivity contribution in [3.63, 3.8) is 0 Å². The summed E-state index contributed by atoms with van der Waals surface area (Å²) in [7, 11) is 0. The lowest BCUT2D eigenvalue weighted by Crippen LogP contribution is -2.21. The van der Waals surface area contributed by atoms with Gasteiger partial charge in [-0.05, 0) is 50.4 Å². The molecule has 0 radical (unpaired) electrons. The van der Waals surface area contributed by atoms with Crippen LogP contribution in [0.25, 0.3) is 11.4 Å². The first kappa shape index (κ1) is 13.3. The van der Waals surface area contributed by atoms with Crippen LogP contribution < -0.4 is 4.90 Å². The molecular weight excluding hydrogens is 272 g/mol. The van der Waals surface area contributed by atoms with Crippen LogP contribution in [0.5, 0.6) is 0 Å². The summed E-state index contributed by atoms with van der Waals surface area (Å²) in [4.78, 5) is 15.3. The van der Waals surface area contributed by atoms with Crippen molar-refractivity contribution >= 4 is 17.5 Å². The highest BCUT2D eigenvalue weighted by Crippen LogP contribution is 2.23. The molecular formula is C15H17ClN4. The molecule has 20 heavy (non-hydrogen) atoms. The summed E-state index contributed by atoms with van der Waals surface area (Å²) in [5.74, 6) is 1.34. The second-order valence-corrected chi connectivity index (χ2v) is 5.64. The highest BCUT2D eigenvalue weighted by Gasteiger charge is 2.17. The summed E-state index contributed by atoms with van der Waals surface area (Å²) in [6, 6.07) is 6.28. The fourth-order valence-corrected chi connectivity index (χ4v) is 2.79. The van der Waals surface area contributed by atoms with Crippen molar-refractivity contribution in [1.82, 2.24) is 15.0 Å². The van der Waals surface area contributed by atoms with E-state index in [1.807, 2.05) is 0 Å². The standard InChI is InChI=1S/C15H17ClN4/c1-10-7-11(2)9-12(8-10)13-17-14(16)19-15(18-13)20-5-3-4-6-20/h7-9H,3-6H2,1-2H3. The van der Waals surface area contributed by atoms with Gasteiger partial charge in [0.1, 0.15) is 0 Å². The summed E-state index contributed by atoms with van der Waals surface area (Å²) in [6.07, 6.45) is 2.37. The monoisotopic (exact) mass is 288 g/mol. The van der Waals surface area contributed by atoms with Crippen LogP contribution in [0.4, 0.5) is 5.95 Å². The summed E-state index contributed by atoms with van der Waals surface area (Å²) >= 11 is 6.07. The Hall–Kier alpha value is -1.68. The maximum Gasteiger partial charge on any atom is 0.230 e. The smallest absolute Gasteiger partial charge is 0.230 e. The molecule has 1 aromatic heterocycles. The van der Waals surface area contributed by atoms with Gasteiger partial charge in [-0.15, -0.1) is 0 Å². The van der Waals surface area contributed by atoms with Crippen molar-refractivity contribution in [1.29, 1.82) is 0 Å². The van der Waals surface area contributed by atoms with Gasteiger partial charge in [0.05, 0.1) is 0 Å². The topological polar surface area (TPSA) is 41.9 Å². The molecule has 0 N–H and O–H groups in total. The SMILES string of the molecule is Cc1cc(C)cc(-c2nc(Cl)nc(N3CCCC3)n2)c1. The van der Waals surface area contributed by atoms with Gasteiger partial charge in [-0.25, -0.2) is 0 Å². The van der Waals surface area contributed by atoms with E-state index >= 15 is 0 Å². The van der Waals surface area contributed by atoms with E-state index in [1.165, 1.54) is 24.0 Å². The predicted octanol–water partition coefficient (Wildman–Crippen LogP) is 3.41. The fourth-order valence-electron chi connectivity index (χ4n) is 2.63. The number of rotatable bonds is 2. The molecule has 4 nitrogen and oxygen atoms in total. The maximum absolute atomic E-state index is 6.07. The molecule has 0 saturated carbocycles. The number of nitrogens with zero attached hydrogens (tertiary/aromatic N) is 4. The average molecular weight is 289 g/mol. The Morgan fingerprint density at radius 2 is 1.60 bits per heavy atom. The third-order valence-corrected chi connectivity index (χ3v) is 3.63. The van der Waals surface area contributed by atoms with E-state index in [2.05, 4.69) is 51.9 Å². The average Bonchev–Trinajstić information content (AvgIpc) is 2.90. The molecule has 3 rings (SSSR count). The highest BCUT2D eigenvalue weighted by atomic mass is 35.5. The van der Waals surface area contributed by atoms with Gasteiger partial charge in [0, 0.05) is 18.7 Å². The van der Waals surface area contributed by atoms with Crippen LogP contribution in [0.2, 0.25) is 5.28 Å². The van der Waals surface area contributed by atoms with Gasteiger partial charge in [0.15, 0.2) is 5.82 Å². The summed E-state index contributed by atoms with van der Waals surface area (Å²) in [5, 5.41) is 0.260. The third-order valence-electron chi connectivity index (χ3n) is 3.47. The summed E-state index contributed by atoms with van der Waals surface area (Å²) in [5.41, 5.74) is 3.38. The van der Waals surface area contributed by atoms with Crippen molar-refractivity contribution in [2.24, 2.45) is 0 Å². The van der Waals surface area contributed by atoms with E-state index in [0.29, 0.717) is 11.8 Å². The van der Waals surface area contributed by atoms with Gasteiger partial charge < -0.3 is 4.90 Å². The zero-order chi connectivity index (χ0) is 14.1. The third kappa shape index (κ3) is 2.75. The molecule has 5 heteroatoms. The van der Waals surface area contributed by atoms with E-state index in [-0.39, 0.29) is 5.28 Å². The van der Waals surface area contributed by atoms with Crippen LogP contribution in [-0.2, 0) is 0 Å². The van der Waals surface area contributed by atoms with Crippen LogP contribution >= 0.6 is 11.6 Å². The van der Waals surface area contributed by atoms with E-state index < -0.39 is 0 Å². The largest absolute Gasteiger partial charge is 0.341 e. The molecule has 1 aliphatic heterocycles. The minimum Gasteiger partial charge on any atom is -0.341 e. The minimum atomic E-state index is 0.260. The quantitative estimate of drug-likeness (QED) is 0.849. The number of hydrogen-bond acceptors (Lipinski definition) is 4. The lowest BCUT2D eigenvalue weighted by atomic mass is 10.1. The fraction of sp³-hybridized carbons (Fsp3) is 0.400. The number of halogens is 1. The Balaban J connectivity index is 2.04. The molecule has 0 bridgehead atoms. The van der Waals surface area contributed by atoms with Gasteiger partial charge in [-0.1, -0.05) is 17.2 Å². The van der Waals surface area contributed by atoms with E-state index in [4.69, 9.17) is 11.6 Å². The Morgan fingerprint density at radius 3 is 2.25 bits per heavy atom. The molecule has 1 aromatic carbocycles. The van der Waals surface area contributed by atoms with E-state index in [1.54, 1.807) is 0 Å². The molecule has 2 heterocycles. The molecule has 1 saturated heterocycles. The van der Waals surface area contributed by atoms with Gasteiger partial charge >= 0.3 is 0 Å². The van der Waals surface area contributed by atoms with Crippen molar-refractivity contribution in [3.05, 3.63) is 34.6 Å². The van der Waals surface area contributed by atoms with E-state index in [0.717, 1.165) is 18.7 Å². The van der Waals surface area contributed by atoms with Crippen molar-refractivity contribution < 1.29 is 0 Å². The van der Waals surface area contributed by atoms with E-state index in [9.17, 15) is 0 Å². The molecule has 0 amide bonds. The lowest BCUT2D eigenvalue weighted by Gasteiger charge is -2.15. The number of benzene rings is 1. The number of aryl methyl sites for hydroxylation is 2. The number of aromatic nitrogens is 3. The molecule has 104 valence electrons. The second-order valence-electron chi connectivity index (χ2n) is 5.30. The van der Waals surface area contributed by atoms with Gasteiger partial charge in [-0.2, -0.15) is 15.0 Å². The molecule has 1 fully saturated rings. The van der Waals surface area contributed by atoms with Crippen LogP contribution in [0.1, 0.15) is 24.0 Å². The first-order valence-corrected chi connectivity index (χ1v) is 7.25. The van der Waals surface area contributed by atoms with Gasteiger partial charge in [0.25, 0.3) is 0 Å². The number of anilines is 1. The lowest BCUT2D eigenvalue weighted by molar-refractivity contribution is 0.882.